The maximum atomic E-state index is 11.6. The monoisotopic (exact) mass is 385 g/mol. The first-order valence-corrected chi connectivity index (χ1v) is 11.8. The molecule has 1 heterocycles. The molecule has 5 unspecified atom stereocenters. The lowest BCUT2D eigenvalue weighted by Crippen LogP contribution is -2.63. The first kappa shape index (κ1) is 19.9. The van der Waals surface area contributed by atoms with Gasteiger partial charge in [-0.2, -0.15) is 0 Å². The van der Waals surface area contributed by atoms with Crippen LogP contribution in [0.4, 0.5) is 4.79 Å². The van der Waals surface area contributed by atoms with E-state index in [1.165, 1.54) is 5.19 Å². The highest BCUT2D eigenvalue weighted by Crippen LogP contribution is 2.49. The molecule has 27 heavy (non-hydrogen) atoms. The summed E-state index contributed by atoms with van der Waals surface area (Å²) in [6, 6.07) is 10.6. The number of carbonyl (C=O) groups excluding carboxylic acids is 1. The minimum absolute atomic E-state index is 0.0322. The fourth-order valence-corrected chi connectivity index (χ4v) is 9.79. The van der Waals surface area contributed by atoms with Gasteiger partial charge in [-0.05, 0) is 23.1 Å². The van der Waals surface area contributed by atoms with Crippen LogP contribution in [0.15, 0.2) is 54.6 Å². The molecule has 2 aliphatic rings. The standard InChI is InChI=1S/C22H31NO3Si/c1-16-11-9-10-14-20(16)27(22(3,4)5,18-12-7-6-8-13-18)25-15-19-17(2)26-21(24)23-19/h6-14,16-17,19-20H,15H2,1-5H3,(H,23,24). The summed E-state index contributed by atoms with van der Waals surface area (Å²) in [6.07, 6.45) is 8.33. The second-order valence-corrected chi connectivity index (χ2v) is 13.2. The predicted octanol–water partition coefficient (Wildman–Crippen LogP) is 4.29. The van der Waals surface area contributed by atoms with Gasteiger partial charge in [0.25, 0.3) is 0 Å². The number of amides is 1. The van der Waals surface area contributed by atoms with Gasteiger partial charge in [-0.1, -0.05) is 82.3 Å². The molecule has 0 spiro atoms. The molecule has 1 N–H and O–H groups in total. The average molecular weight is 386 g/mol. The summed E-state index contributed by atoms with van der Waals surface area (Å²) in [5.41, 5.74) is 0.318. The van der Waals surface area contributed by atoms with E-state index in [-0.39, 0.29) is 23.3 Å². The van der Waals surface area contributed by atoms with Crippen molar-refractivity contribution in [3.8, 4) is 0 Å². The van der Waals surface area contributed by atoms with Crippen molar-refractivity contribution in [2.24, 2.45) is 5.92 Å². The van der Waals surface area contributed by atoms with Gasteiger partial charge in [-0.15, -0.1) is 0 Å². The molecular formula is C22H31NO3Si. The summed E-state index contributed by atoms with van der Waals surface area (Å²) >= 11 is 0. The molecular weight excluding hydrogens is 354 g/mol. The Kier molecular flexibility index (Phi) is 5.63. The number of hydrogen-bond donors (Lipinski definition) is 1. The molecule has 0 radical (unpaired) electrons. The number of alkyl carbamates (subject to hydrolysis) is 1. The van der Waals surface area contributed by atoms with Crippen LogP contribution >= 0.6 is 0 Å². The van der Waals surface area contributed by atoms with E-state index in [2.05, 4.69) is 87.6 Å². The summed E-state index contributed by atoms with van der Waals surface area (Å²) in [7, 11) is -2.50. The van der Waals surface area contributed by atoms with Crippen molar-refractivity contribution in [2.45, 2.75) is 57.3 Å². The van der Waals surface area contributed by atoms with Crippen LogP contribution in [0.2, 0.25) is 10.6 Å². The maximum absolute atomic E-state index is 11.6. The summed E-state index contributed by atoms with van der Waals surface area (Å²) in [5, 5.41) is 4.16. The SMILES string of the molecule is CC1C=CC=CC1[Si](OCC1NC(=O)OC1C)(c1ccccc1)C(C)(C)C. The number of ether oxygens (including phenoxy) is 1. The zero-order valence-corrected chi connectivity index (χ0v) is 17.9. The summed E-state index contributed by atoms with van der Waals surface area (Å²) in [4.78, 5) is 11.6. The van der Waals surface area contributed by atoms with Crippen LogP contribution in [0.25, 0.3) is 0 Å². The van der Waals surface area contributed by atoms with Crippen molar-refractivity contribution >= 4 is 19.6 Å². The van der Waals surface area contributed by atoms with Crippen LogP contribution in [0.1, 0.15) is 34.6 Å². The Balaban J connectivity index is 2.02. The first-order valence-electron chi connectivity index (χ1n) is 9.77. The second kappa shape index (κ2) is 7.64. The Bertz CT molecular complexity index is 725. The number of cyclic esters (lactones) is 1. The smallest absolute Gasteiger partial charge is 0.407 e. The number of allylic oxidation sites excluding steroid dienone is 4. The van der Waals surface area contributed by atoms with Crippen molar-refractivity contribution in [3.63, 3.8) is 0 Å². The highest BCUT2D eigenvalue weighted by Gasteiger charge is 2.55. The molecule has 5 atom stereocenters. The van der Waals surface area contributed by atoms with Gasteiger partial charge in [0.15, 0.2) is 0 Å². The third kappa shape index (κ3) is 3.76. The highest BCUT2D eigenvalue weighted by molar-refractivity contribution is 6.90. The molecule has 4 nitrogen and oxygen atoms in total. The molecule has 0 saturated carbocycles. The van der Waals surface area contributed by atoms with Gasteiger partial charge in [-0.3, -0.25) is 0 Å². The molecule has 146 valence electrons. The number of nitrogens with one attached hydrogen (secondary N) is 1. The van der Waals surface area contributed by atoms with E-state index in [0.29, 0.717) is 18.1 Å². The highest BCUT2D eigenvalue weighted by atomic mass is 28.4. The van der Waals surface area contributed by atoms with Gasteiger partial charge >= 0.3 is 6.09 Å². The molecule has 1 saturated heterocycles. The maximum Gasteiger partial charge on any atom is 0.407 e. The molecule has 1 aromatic carbocycles. The Labute approximate surface area is 163 Å². The molecule has 1 fully saturated rings. The average Bonchev–Trinajstić information content (AvgIpc) is 2.94. The molecule has 0 bridgehead atoms. The molecule has 1 aliphatic carbocycles. The largest absolute Gasteiger partial charge is 0.444 e. The molecule has 3 rings (SSSR count). The van der Waals surface area contributed by atoms with E-state index < -0.39 is 8.32 Å². The zero-order valence-electron chi connectivity index (χ0n) is 16.9. The Morgan fingerprint density at radius 2 is 1.78 bits per heavy atom. The van der Waals surface area contributed by atoms with E-state index in [0.717, 1.165) is 0 Å². The van der Waals surface area contributed by atoms with Crippen molar-refractivity contribution in [2.75, 3.05) is 6.61 Å². The zero-order chi connectivity index (χ0) is 19.7. The predicted molar refractivity (Wildman–Crippen MR) is 112 cm³/mol. The van der Waals surface area contributed by atoms with Crippen LogP contribution in [0, 0.1) is 5.92 Å². The van der Waals surface area contributed by atoms with Gasteiger partial charge in [0.05, 0.1) is 12.6 Å². The third-order valence-corrected chi connectivity index (χ3v) is 11.5. The third-order valence-electron chi connectivity index (χ3n) is 5.85. The van der Waals surface area contributed by atoms with Gasteiger partial charge in [-0.25, -0.2) is 4.79 Å². The van der Waals surface area contributed by atoms with E-state index in [9.17, 15) is 4.79 Å². The quantitative estimate of drug-likeness (QED) is 0.770. The van der Waals surface area contributed by atoms with Gasteiger partial charge in [0.1, 0.15) is 6.10 Å². The lowest BCUT2D eigenvalue weighted by atomic mass is 10.0. The number of hydrogen-bond acceptors (Lipinski definition) is 3. The van der Waals surface area contributed by atoms with Crippen molar-refractivity contribution in [1.82, 2.24) is 5.32 Å². The Morgan fingerprint density at radius 1 is 1.11 bits per heavy atom. The number of rotatable bonds is 5. The fourth-order valence-electron chi connectivity index (χ4n) is 4.38. The second-order valence-electron chi connectivity index (χ2n) is 8.68. The number of benzene rings is 1. The fraction of sp³-hybridized carbons (Fsp3) is 0.500. The van der Waals surface area contributed by atoms with Gasteiger partial charge in [0.2, 0.25) is 8.32 Å². The van der Waals surface area contributed by atoms with Crippen LogP contribution in [0.5, 0.6) is 0 Å². The van der Waals surface area contributed by atoms with E-state index >= 15 is 0 Å². The Morgan fingerprint density at radius 3 is 2.33 bits per heavy atom. The van der Waals surface area contributed by atoms with Crippen LogP contribution in [-0.4, -0.2) is 33.2 Å². The molecule has 0 aromatic heterocycles. The Hall–Kier alpha value is -1.85. The van der Waals surface area contributed by atoms with E-state index in [1.54, 1.807) is 0 Å². The van der Waals surface area contributed by atoms with Crippen LogP contribution in [-0.2, 0) is 9.16 Å². The minimum atomic E-state index is -2.50. The van der Waals surface area contributed by atoms with E-state index in [4.69, 9.17) is 9.16 Å². The molecule has 1 aliphatic heterocycles. The van der Waals surface area contributed by atoms with E-state index in [1.807, 2.05) is 6.92 Å². The van der Waals surface area contributed by atoms with Crippen LogP contribution in [0.3, 0.4) is 0 Å². The van der Waals surface area contributed by atoms with Crippen molar-refractivity contribution in [1.29, 1.82) is 0 Å². The van der Waals surface area contributed by atoms with Gasteiger partial charge in [0, 0.05) is 5.54 Å². The number of carbonyl (C=O) groups is 1. The summed E-state index contributed by atoms with van der Waals surface area (Å²) in [6.45, 7) is 11.5. The first-order chi connectivity index (χ1) is 12.8. The van der Waals surface area contributed by atoms with Gasteiger partial charge < -0.3 is 14.5 Å². The molecule has 5 heteroatoms. The summed E-state index contributed by atoms with van der Waals surface area (Å²) < 4.78 is 12.2. The van der Waals surface area contributed by atoms with Crippen LogP contribution < -0.4 is 10.5 Å². The lowest BCUT2D eigenvalue weighted by Gasteiger charge is -2.49. The topological polar surface area (TPSA) is 47.6 Å². The minimum Gasteiger partial charge on any atom is -0.444 e. The normalized spacial score (nSPS) is 29.9. The van der Waals surface area contributed by atoms with Crippen molar-refractivity contribution in [3.05, 3.63) is 54.6 Å². The lowest BCUT2D eigenvalue weighted by molar-refractivity contribution is 0.130. The van der Waals surface area contributed by atoms with Crippen molar-refractivity contribution < 1.29 is 14.0 Å². The summed E-state index contributed by atoms with van der Waals surface area (Å²) in [5.74, 6) is 0.396. The molecule has 1 amide bonds. The molecule has 1 aromatic rings.